The van der Waals surface area contributed by atoms with Crippen molar-refractivity contribution in [2.45, 2.75) is 19.6 Å². The molecule has 1 aliphatic heterocycles. The van der Waals surface area contributed by atoms with E-state index >= 15 is 0 Å². The first-order valence-electron chi connectivity index (χ1n) is 10.7. The zero-order chi connectivity index (χ0) is 24.1. The summed E-state index contributed by atoms with van der Waals surface area (Å²) in [6, 6.07) is 13.0. The Labute approximate surface area is 194 Å². The van der Waals surface area contributed by atoms with Gasteiger partial charge in [-0.1, -0.05) is 30.3 Å². The molecule has 9 heteroatoms. The van der Waals surface area contributed by atoms with Crippen LogP contribution in [0.3, 0.4) is 0 Å². The molecule has 0 bridgehead atoms. The lowest BCUT2D eigenvalue weighted by atomic mass is 10.1. The Morgan fingerprint density at radius 1 is 0.941 bits per heavy atom. The highest BCUT2D eigenvalue weighted by Gasteiger charge is 2.15. The minimum Gasteiger partial charge on any atom is -0.486 e. The Kier molecular flexibility index (Phi) is 7.01. The van der Waals surface area contributed by atoms with E-state index in [1.807, 2.05) is 0 Å². The first-order valence-corrected chi connectivity index (χ1v) is 10.7. The van der Waals surface area contributed by atoms with Gasteiger partial charge in [-0.05, 0) is 30.7 Å². The molecule has 0 fully saturated rings. The number of nitrogens with two attached hydrogens (primary N) is 1. The first-order chi connectivity index (χ1) is 16.4. The van der Waals surface area contributed by atoms with E-state index in [2.05, 4.69) is 10.3 Å². The summed E-state index contributed by atoms with van der Waals surface area (Å²) in [6.45, 7) is 1.06. The van der Waals surface area contributed by atoms with E-state index in [0.717, 1.165) is 19.0 Å². The number of benzene rings is 3. The van der Waals surface area contributed by atoms with Gasteiger partial charge in [0.15, 0.2) is 11.5 Å². The Balaban J connectivity index is 1.41. The molecule has 1 aliphatic rings. The minimum absolute atomic E-state index is 0.119. The predicted molar refractivity (Wildman–Crippen MR) is 123 cm³/mol. The fourth-order valence-corrected chi connectivity index (χ4v) is 3.39. The molecule has 0 aliphatic carbocycles. The molecular formula is C25H23F3N4O2. The molecular weight excluding hydrogens is 445 g/mol. The zero-order valence-electron chi connectivity index (χ0n) is 18.2. The summed E-state index contributed by atoms with van der Waals surface area (Å²) in [7, 11) is 0. The van der Waals surface area contributed by atoms with E-state index in [0.29, 0.717) is 17.9 Å². The SMILES string of the molecule is N=C(N)c1ccc(COc2cccc(OCc3ccc(C4=NCCCN4)cc3F)c2F)c(F)c1. The molecule has 176 valence electrons. The quantitative estimate of drug-likeness (QED) is 0.340. The van der Waals surface area contributed by atoms with E-state index < -0.39 is 17.5 Å². The van der Waals surface area contributed by atoms with Crippen molar-refractivity contribution < 1.29 is 22.6 Å². The summed E-state index contributed by atoms with van der Waals surface area (Å²) in [5, 5.41) is 10.5. The molecule has 3 aromatic carbocycles. The topological polar surface area (TPSA) is 92.7 Å². The van der Waals surface area contributed by atoms with Crippen LogP contribution in [-0.2, 0) is 13.2 Å². The van der Waals surface area contributed by atoms with Crippen molar-refractivity contribution in [3.63, 3.8) is 0 Å². The smallest absolute Gasteiger partial charge is 0.206 e. The molecule has 4 rings (SSSR count). The average molecular weight is 468 g/mol. The standard InChI is InChI=1S/C25H23F3N4O2/c26-19-11-15(24(29)30)5-7-17(19)13-33-21-3-1-4-22(23(21)28)34-14-18-8-6-16(12-20(18)27)25-31-9-2-10-32-25/h1,3-8,11-12H,2,9-10,13-14H2,(H3,29,30)(H,31,32). The average Bonchev–Trinajstić information content (AvgIpc) is 2.84. The van der Waals surface area contributed by atoms with Crippen LogP contribution in [-0.4, -0.2) is 24.8 Å². The fraction of sp³-hybridized carbons (Fsp3) is 0.200. The molecule has 0 spiro atoms. The number of aliphatic imine (C=N–C) groups is 1. The van der Waals surface area contributed by atoms with Crippen LogP contribution in [0.15, 0.2) is 59.6 Å². The van der Waals surface area contributed by atoms with E-state index in [-0.39, 0.29) is 47.2 Å². The lowest BCUT2D eigenvalue weighted by Gasteiger charge is -2.16. The van der Waals surface area contributed by atoms with Gasteiger partial charge in [0, 0.05) is 35.3 Å². The number of hydrogen-bond donors (Lipinski definition) is 3. The molecule has 0 radical (unpaired) electrons. The number of rotatable bonds is 8. The molecule has 0 amide bonds. The lowest BCUT2D eigenvalue weighted by molar-refractivity contribution is 0.258. The highest BCUT2D eigenvalue weighted by Crippen LogP contribution is 2.28. The monoisotopic (exact) mass is 468 g/mol. The van der Waals surface area contributed by atoms with Gasteiger partial charge in [0.1, 0.15) is 36.5 Å². The van der Waals surface area contributed by atoms with Gasteiger partial charge in [0.2, 0.25) is 5.82 Å². The minimum atomic E-state index is -0.777. The van der Waals surface area contributed by atoms with Gasteiger partial charge in [-0.3, -0.25) is 10.4 Å². The number of nitrogens with one attached hydrogen (secondary N) is 2. The maximum absolute atomic E-state index is 14.8. The zero-order valence-corrected chi connectivity index (χ0v) is 18.2. The summed E-state index contributed by atoms with van der Waals surface area (Å²) in [6.07, 6.45) is 0.938. The van der Waals surface area contributed by atoms with Crippen LogP contribution in [0.2, 0.25) is 0 Å². The van der Waals surface area contributed by atoms with Crippen LogP contribution < -0.4 is 20.5 Å². The van der Waals surface area contributed by atoms with Gasteiger partial charge >= 0.3 is 0 Å². The number of amidine groups is 2. The van der Waals surface area contributed by atoms with Crippen LogP contribution in [0.4, 0.5) is 13.2 Å². The number of ether oxygens (including phenoxy) is 2. The normalized spacial score (nSPS) is 13.1. The van der Waals surface area contributed by atoms with Crippen molar-refractivity contribution in [1.29, 1.82) is 5.41 Å². The summed E-state index contributed by atoms with van der Waals surface area (Å²) in [4.78, 5) is 4.35. The van der Waals surface area contributed by atoms with Crippen molar-refractivity contribution in [3.05, 3.63) is 94.3 Å². The Hall–Kier alpha value is -4.01. The van der Waals surface area contributed by atoms with Gasteiger partial charge in [-0.15, -0.1) is 0 Å². The second-order valence-corrected chi connectivity index (χ2v) is 7.68. The summed E-state index contributed by atoms with van der Waals surface area (Å²) < 4.78 is 54.5. The molecule has 0 saturated heterocycles. The molecule has 0 unspecified atom stereocenters. The largest absolute Gasteiger partial charge is 0.486 e. The van der Waals surface area contributed by atoms with Crippen molar-refractivity contribution in [1.82, 2.24) is 5.32 Å². The molecule has 3 aromatic rings. The second-order valence-electron chi connectivity index (χ2n) is 7.68. The predicted octanol–water partition coefficient (Wildman–Crippen LogP) is 4.29. The highest BCUT2D eigenvalue weighted by atomic mass is 19.1. The number of nitrogens with zero attached hydrogens (tertiary/aromatic N) is 1. The maximum Gasteiger partial charge on any atom is 0.206 e. The maximum atomic E-state index is 14.8. The van der Waals surface area contributed by atoms with Gasteiger partial charge in [-0.25, -0.2) is 8.78 Å². The third-order valence-corrected chi connectivity index (χ3v) is 5.28. The summed E-state index contributed by atoms with van der Waals surface area (Å²) in [5.74, 6) is -1.73. The van der Waals surface area contributed by atoms with Gasteiger partial charge < -0.3 is 20.5 Å². The van der Waals surface area contributed by atoms with Crippen molar-refractivity contribution in [2.75, 3.05) is 13.1 Å². The fourth-order valence-electron chi connectivity index (χ4n) is 3.39. The van der Waals surface area contributed by atoms with Crippen LogP contribution in [0, 0.1) is 22.9 Å². The summed E-state index contributed by atoms with van der Waals surface area (Å²) >= 11 is 0. The first kappa shape index (κ1) is 23.2. The van der Waals surface area contributed by atoms with Crippen LogP contribution >= 0.6 is 0 Å². The Morgan fingerprint density at radius 3 is 2.15 bits per heavy atom. The lowest BCUT2D eigenvalue weighted by Crippen LogP contribution is -2.30. The van der Waals surface area contributed by atoms with Crippen molar-refractivity contribution in [3.8, 4) is 11.5 Å². The van der Waals surface area contributed by atoms with Gasteiger partial charge in [0.25, 0.3) is 0 Å². The van der Waals surface area contributed by atoms with Crippen LogP contribution in [0.5, 0.6) is 11.5 Å². The third-order valence-electron chi connectivity index (χ3n) is 5.28. The van der Waals surface area contributed by atoms with Gasteiger partial charge in [0.05, 0.1) is 0 Å². The molecule has 4 N–H and O–H groups in total. The van der Waals surface area contributed by atoms with Crippen LogP contribution in [0.25, 0.3) is 0 Å². The number of hydrogen-bond acceptors (Lipinski definition) is 5. The summed E-state index contributed by atoms with van der Waals surface area (Å²) in [5.41, 5.74) is 6.67. The molecule has 34 heavy (non-hydrogen) atoms. The van der Waals surface area contributed by atoms with E-state index in [4.69, 9.17) is 20.6 Å². The third kappa shape index (κ3) is 5.31. The van der Waals surface area contributed by atoms with E-state index in [1.165, 1.54) is 36.4 Å². The van der Waals surface area contributed by atoms with Crippen LogP contribution in [0.1, 0.15) is 28.7 Å². The van der Waals surface area contributed by atoms with Crippen molar-refractivity contribution >= 4 is 11.7 Å². The van der Waals surface area contributed by atoms with E-state index in [9.17, 15) is 13.2 Å². The molecule has 0 saturated carbocycles. The Morgan fingerprint density at radius 2 is 1.59 bits per heavy atom. The molecule has 0 aromatic heterocycles. The molecule has 1 heterocycles. The Bertz CT molecular complexity index is 1250. The number of nitrogen functional groups attached to an aromatic ring is 1. The van der Waals surface area contributed by atoms with E-state index in [1.54, 1.807) is 12.1 Å². The molecule has 6 nitrogen and oxygen atoms in total. The second kappa shape index (κ2) is 10.3. The van der Waals surface area contributed by atoms with Gasteiger partial charge in [-0.2, -0.15) is 4.39 Å². The number of halogens is 3. The molecule has 0 atom stereocenters. The highest BCUT2D eigenvalue weighted by molar-refractivity contribution is 5.99. The van der Waals surface area contributed by atoms with Crippen molar-refractivity contribution in [2.24, 2.45) is 10.7 Å².